The minimum absolute atomic E-state index is 0.106. The molecule has 0 unspecified atom stereocenters. The van der Waals surface area contributed by atoms with Crippen LogP contribution in [0.15, 0.2) is 54.2 Å². The molecule has 0 aliphatic heterocycles. The molecule has 0 aliphatic carbocycles. The Morgan fingerprint density at radius 1 is 1.25 bits per heavy atom. The molecular formula is C20H19N5O2S. The Labute approximate surface area is 166 Å². The number of aromatic nitrogens is 4. The first-order chi connectivity index (χ1) is 13.6. The summed E-state index contributed by atoms with van der Waals surface area (Å²) in [6.07, 6.45) is 3.23. The minimum Gasteiger partial charge on any atom is -0.456 e. The second-order valence-electron chi connectivity index (χ2n) is 6.53. The number of benzene rings is 1. The number of carbonyl (C=O) groups is 1. The minimum atomic E-state index is -0.433. The van der Waals surface area contributed by atoms with E-state index in [2.05, 4.69) is 20.4 Å². The van der Waals surface area contributed by atoms with E-state index in [1.807, 2.05) is 54.2 Å². The second kappa shape index (κ2) is 7.77. The molecule has 1 aromatic carbocycles. The summed E-state index contributed by atoms with van der Waals surface area (Å²) in [5.41, 5.74) is 2.80. The number of hydrogen-bond donors (Lipinski definition) is 1. The molecule has 3 aromatic heterocycles. The Balaban J connectivity index is 1.40. The number of pyridine rings is 1. The lowest BCUT2D eigenvalue weighted by Crippen LogP contribution is -2.07. The number of carbonyl (C=O) groups excluding carboxylic acids is 1. The van der Waals surface area contributed by atoms with Crippen LogP contribution in [-0.4, -0.2) is 25.7 Å². The lowest BCUT2D eigenvalue weighted by atomic mass is 10.2. The maximum absolute atomic E-state index is 12.4. The number of para-hydroxylation sites is 1. The molecule has 0 spiro atoms. The Morgan fingerprint density at radius 3 is 2.86 bits per heavy atom. The monoisotopic (exact) mass is 393 g/mol. The number of hydrogen-bond acceptors (Lipinski definition) is 7. The highest BCUT2D eigenvalue weighted by atomic mass is 32.1. The Hall–Kier alpha value is -3.26. The van der Waals surface area contributed by atoms with Gasteiger partial charge in [-0.25, -0.2) is 19.4 Å². The quantitative estimate of drug-likeness (QED) is 0.483. The Kier molecular flexibility index (Phi) is 5.03. The van der Waals surface area contributed by atoms with Gasteiger partial charge in [0, 0.05) is 28.7 Å². The van der Waals surface area contributed by atoms with Gasteiger partial charge in [-0.3, -0.25) is 0 Å². The van der Waals surface area contributed by atoms with Crippen LogP contribution in [0.5, 0.6) is 0 Å². The molecule has 0 aliphatic rings. The highest BCUT2D eigenvalue weighted by Gasteiger charge is 2.13. The number of thiazole rings is 1. The van der Waals surface area contributed by atoms with E-state index in [0.29, 0.717) is 11.3 Å². The molecule has 1 N–H and O–H groups in total. The maximum Gasteiger partial charge on any atom is 0.340 e. The maximum atomic E-state index is 12.4. The molecule has 0 saturated carbocycles. The molecule has 0 saturated heterocycles. The Morgan fingerprint density at radius 2 is 2.07 bits per heavy atom. The topological polar surface area (TPSA) is 81.9 Å². The lowest BCUT2D eigenvalue weighted by Gasteiger charge is -2.06. The zero-order chi connectivity index (χ0) is 19.5. The fraction of sp³-hybridized carbons (Fsp3) is 0.200. The van der Waals surface area contributed by atoms with Crippen LogP contribution in [0.4, 0.5) is 10.8 Å². The summed E-state index contributed by atoms with van der Waals surface area (Å²) in [5.74, 6) is -0.433. The molecular weight excluding hydrogens is 374 g/mol. The second-order valence-corrected chi connectivity index (χ2v) is 7.39. The molecule has 0 amide bonds. The smallest absolute Gasteiger partial charge is 0.340 e. The first-order valence-corrected chi connectivity index (χ1v) is 9.75. The van der Waals surface area contributed by atoms with Crippen LogP contribution in [0.25, 0.3) is 11.0 Å². The van der Waals surface area contributed by atoms with Crippen molar-refractivity contribution in [1.29, 1.82) is 0 Å². The molecule has 142 valence electrons. The predicted molar refractivity (Wildman–Crippen MR) is 109 cm³/mol. The van der Waals surface area contributed by atoms with Crippen LogP contribution < -0.4 is 5.32 Å². The van der Waals surface area contributed by atoms with Gasteiger partial charge in [0.2, 0.25) is 0 Å². The van der Waals surface area contributed by atoms with E-state index in [-0.39, 0.29) is 12.6 Å². The molecule has 0 atom stereocenters. The van der Waals surface area contributed by atoms with E-state index in [1.165, 1.54) is 17.5 Å². The van der Waals surface area contributed by atoms with Gasteiger partial charge in [-0.2, -0.15) is 5.10 Å². The summed E-state index contributed by atoms with van der Waals surface area (Å²) >= 11 is 1.46. The van der Waals surface area contributed by atoms with Crippen LogP contribution in [-0.2, 0) is 11.3 Å². The number of anilines is 2. The molecule has 28 heavy (non-hydrogen) atoms. The summed E-state index contributed by atoms with van der Waals surface area (Å²) in [5, 5.41) is 11.0. The van der Waals surface area contributed by atoms with Gasteiger partial charge >= 0.3 is 5.97 Å². The van der Waals surface area contributed by atoms with Gasteiger partial charge in [-0.05, 0) is 32.0 Å². The van der Waals surface area contributed by atoms with Crippen molar-refractivity contribution in [1.82, 2.24) is 19.7 Å². The van der Waals surface area contributed by atoms with Crippen molar-refractivity contribution < 1.29 is 9.53 Å². The molecule has 0 radical (unpaired) electrons. The normalized spacial score (nSPS) is 11.1. The molecule has 4 rings (SSSR count). The first kappa shape index (κ1) is 18.1. The van der Waals surface area contributed by atoms with Crippen LogP contribution in [0, 0.1) is 0 Å². The van der Waals surface area contributed by atoms with Crippen molar-refractivity contribution in [3.05, 3.63) is 65.4 Å². The first-order valence-electron chi connectivity index (χ1n) is 8.87. The van der Waals surface area contributed by atoms with E-state index >= 15 is 0 Å². The largest absolute Gasteiger partial charge is 0.456 e. The average Bonchev–Trinajstić information content (AvgIpc) is 3.33. The Bertz CT molecular complexity index is 1100. The SMILES string of the molecule is CC(C)n1ncc2cc(C(=O)OCc3csc(Nc4ccccc4)n3)cnc21. The predicted octanol–water partition coefficient (Wildman–Crippen LogP) is 4.57. The molecule has 8 heteroatoms. The van der Waals surface area contributed by atoms with E-state index in [1.54, 1.807) is 12.3 Å². The average molecular weight is 393 g/mol. The van der Waals surface area contributed by atoms with Gasteiger partial charge in [0.05, 0.1) is 17.5 Å². The van der Waals surface area contributed by atoms with Crippen molar-refractivity contribution >= 4 is 39.2 Å². The van der Waals surface area contributed by atoms with Gasteiger partial charge in [0.1, 0.15) is 6.61 Å². The van der Waals surface area contributed by atoms with Crippen LogP contribution >= 0.6 is 11.3 Å². The van der Waals surface area contributed by atoms with Gasteiger partial charge in [0.25, 0.3) is 0 Å². The van der Waals surface area contributed by atoms with Gasteiger partial charge in [-0.1, -0.05) is 18.2 Å². The third kappa shape index (κ3) is 3.86. The zero-order valence-electron chi connectivity index (χ0n) is 15.5. The summed E-state index contributed by atoms with van der Waals surface area (Å²) in [7, 11) is 0. The molecule has 4 aromatic rings. The fourth-order valence-corrected chi connectivity index (χ4v) is 3.44. The van der Waals surface area contributed by atoms with Gasteiger partial charge < -0.3 is 10.1 Å². The molecule has 0 fully saturated rings. The third-order valence-electron chi connectivity index (χ3n) is 4.09. The highest BCUT2D eigenvalue weighted by molar-refractivity contribution is 7.13. The molecule has 0 bridgehead atoms. The van der Waals surface area contributed by atoms with Crippen LogP contribution in [0.3, 0.4) is 0 Å². The van der Waals surface area contributed by atoms with Gasteiger partial charge in [0.15, 0.2) is 10.8 Å². The van der Waals surface area contributed by atoms with Crippen molar-refractivity contribution in [2.45, 2.75) is 26.5 Å². The van der Waals surface area contributed by atoms with E-state index in [4.69, 9.17) is 4.74 Å². The zero-order valence-corrected chi connectivity index (χ0v) is 16.3. The van der Waals surface area contributed by atoms with Crippen LogP contribution in [0.2, 0.25) is 0 Å². The van der Waals surface area contributed by atoms with Crippen LogP contribution in [0.1, 0.15) is 35.9 Å². The van der Waals surface area contributed by atoms with E-state index < -0.39 is 5.97 Å². The summed E-state index contributed by atoms with van der Waals surface area (Å²) < 4.78 is 7.21. The van der Waals surface area contributed by atoms with Crippen molar-refractivity contribution in [2.24, 2.45) is 0 Å². The number of ether oxygens (including phenoxy) is 1. The molecule has 7 nitrogen and oxygen atoms in total. The lowest BCUT2D eigenvalue weighted by molar-refractivity contribution is 0.0468. The van der Waals surface area contributed by atoms with Gasteiger partial charge in [-0.15, -0.1) is 11.3 Å². The number of nitrogens with one attached hydrogen (secondary N) is 1. The summed E-state index contributed by atoms with van der Waals surface area (Å²) in [4.78, 5) is 21.2. The fourth-order valence-electron chi connectivity index (χ4n) is 2.73. The van der Waals surface area contributed by atoms with Crippen molar-refractivity contribution in [3.8, 4) is 0 Å². The van der Waals surface area contributed by atoms with Crippen molar-refractivity contribution in [2.75, 3.05) is 5.32 Å². The van der Waals surface area contributed by atoms with E-state index in [9.17, 15) is 4.79 Å². The summed E-state index contributed by atoms with van der Waals surface area (Å²) in [6, 6.07) is 11.7. The summed E-state index contributed by atoms with van der Waals surface area (Å²) in [6.45, 7) is 4.17. The van der Waals surface area contributed by atoms with E-state index in [0.717, 1.165) is 21.9 Å². The third-order valence-corrected chi connectivity index (χ3v) is 4.89. The number of esters is 1. The number of rotatable bonds is 6. The standard InChI is InChI=1S/C20H19N5O2S/c1-13(2)25-18-14(10-22-25)8-15(9-21-18)19(26)27-11-17-12-28-20(24-17)23-16-6-4-3-5-7-16/h3-10,12-13H,11H2,1-2H3,(H,23,24). The van der Waals surface area contributed by atoms with Crippen molar-refractivity contribution in [3.63, 3.8) is 0 Å². The number of nitrogens with zero attached hydrogens (tertiary/aromatic N) is 4. The highest BCUT2D eigenvalue weighted by Crippen LogP contribution is 2.22. The molecule has 3 heterocycles. The number of fused-ring (bicyclic) bond motifs is 1.